The summed E-state index contributed by atoms with van der Waals surface area (Å²) in [7, 11) is 0. The number of carbonyl (C=O) groups excluding carboxylic acids is 3. The van der Waals surface area contributed by atoms with Gasteiger partial charge in [0.05, 0.1) is 5.56 Å². The molecule has 0 radical (unpaired) electrons. The molecule has 0 bridgehead atoms. The van der Waals surface area contributed by atoms with Gasteiger partial charge in [0.1, 0.15) is 11.5 Å². The van der Waals surface area contributed by atoms with Crippen molar-refractivity contribution in [1.29, 1.82) is 0 Å². The lowest BCUT2D eigenvalue weighted by Crippen LogP contribution is -2.38. The average Bonchev–Trinajstić information content (AvgIpc) is 2.73. The average molecular weight is 381 g/mol. The minimum Gasteiger partial charge on any atom is -0.457 e. The van der Waals surface area contributed by atoms with Crippen molar-refractivity contribution in [2.24, 2.45) is 5.92 Å². The van der Waals surface area contributed by atoms with Crippen LogP contribution in [0.15, 0.2) is 54.6 Å². The predicted octanol–water partition coefficient (Wildman–Crippen LogP) is 3.86. The number of esters is 1. The largest absolute Gasteiger partial charge is 0.457 e. The first-order valence-electron chi connectivity index (χ1n) is 9.45. The Balaban J connectivity index is 1.49. The number of amides is 2. The van der Waals surface area contributed by atoms with Crippen LogP contribution in [0.25, 0.3) is 0 Å². The zero-order chi connectivity index (χ0) is 19.8. The van der Waals surface area contributed by atoms with Gasteiger partial charge in [0, 0.05) is 5.92 Å². The minimum atomic E-state index is -0.654. The summed E-state index contributed by atoms with van der Waals surface area (Å²) < 4.78 is 10.7. The molecule has 1 fully saturated rings. The highest BCUT2D eigenvalue weighted by Gasteiger charge is 2.23. The summed E-state index contributed by atoms with van der Waals surface area (Å²) in [6, 6.07) is 15.7. The molecule has 146 valence electrons. The third kappa shape index (κ3) is 5.67. The molecule has 6 nitrogen and oxygen atoms in total. The molecule has 3 rings (SSSR count). The highest BCUT2D eigenvalue weighted by atomic mass is 16.5. The molecule has 2 aromatic rings. The second kappa shape index (κ2) is 9.69. The normalized spacial score (nSPS) is 14.1. The number of benzene rings is 2. The Kier molecular flexibility index (Phi) is 6.78. The molecule has 2 amide bonds. The Labute approximate surface area is 163 Å². The van der Waals surface area contributed by atoms with Crippen LogP contribution in [0.2, 0.25) is 0 Å². The molecule has 1 N–H and O–H groups in total. The van der Waals surface area contributed by atoms with E-state index in [-0.39, 0.29) is 17.4 Å². The van der Waals surface area contributed by atoms with Crippen molar-refractivity contribution in [3.63, 3.8) is 0 Å². The van der Waals surface area contributed by atoms with E-state index < -0.39 is 18.5 Å². The molecule has 0 aromatic heterocycles. The Morgan fingerprint density at radius 3 is 2.36 bits per heavy atom. The summed E-state index contributed by atoms with van der Waals surface area (Å²) in [5.74, 6) is -0.537. The Morgan fingerprint density at radius 1 is 0.893 bits per heavy atom. The summed E-state index contributed by atoms with van der Waals surface area (Å²) in [5.41, 5.74) is 0.264. The smallest absolute Gasteiger partial charge is 0.338 e. The summed E-state index contributed by atoms with van der Waals surface area (Å²) in [6.07, 6.45) is 4.73. The third-order valence-electron chi connectivity index (χ3n) is 4.62. The maximum absolute atomic E-state index is 12.2. The molecule has 0 atom stereocenters. The number of nitrogens with one attached hydrogen (secondary N) is 1. The minimum absolute atomic E-state index is 0.125. The lowest BCUT2D eigenvalue weighted by Gasteiger charge is -2.20. The molecule has 0 unspecified atom stereocenters. The lowest BCUT2D eigenvalue weighted by atomic mass is 9.89. The van der Waals surface area contributed by atoms with Crippen molar-refractivity contribution >= 4 is 17.8 Å². The first kappa shape index (κ1) is 19.6. The van der Waals surface area contributed by atoms with Crippen molar-refractivity contribution in [2.45, 2.75) is 32.1 Å². The highest BCUT2D eigenvalue weighted by molar-refractivity contribution is 5.98. The zero-order valence-corrected chi connectivity index (χ0v) is 15.6. The standard InChI is InChI=1S/C22H23NO5/c24-20(23-21(25)16-8-3-1-4-9-16)15-27-22(26)17-10-7-13-19(14-17)28-18-11-5-2-6-12-18/h2,5-7,10-14,16H,1,3-4,8-9,15H2,(H,23,24,25). The quantitative estimate of drug-likeness (QED) is 0.769. The number of rotatable bonds is 6. The van der Waals surface area contributed by atoms with E-state index in [1.165, 1.54) is 0 Å². The highest BCUT2D eigenvalue weighted by Crippen LogP contribution is 2.24. The van der Waals surface area contributed by atoms with Gasteiger partial charge < -0.3 is 9.47 Å². The van der Waals surface area contributed by atoms with Gasteiger partial charge >= 0.3 is 5.97 Å². The van der Waals surface area contributed by atoms with Crippen LogP contribution >= 0.6 is 0 Å². The molecule has 28 heavy (non-hydrogen) atoms. The Morgan fingerprint density at radius 2 is 1.61 bits per heavy atom. The van der Waals surface area contributed by atoms with Gasteiger partial charge in [0.2, 0.25) is 5.91 Å². The SMILES string of the molecule is O=C(COC(=O)c1cccc(Oc2ccccc2)c1)NC(=O)C1CCCCC1. The van der Waals surface area contributed by atoms with E-state index in [9.17, 15) is 14.4 Å². The van der Waals surface area contributed by atoms with Gasteiger partial charge in [-0.2, -0.15) is 0 Å². The molecule has 6 heteroatoms. The third-order valence-corrected chi connectivity index (χ3v) is 4.62. The first-order chi connectivity index (χ1) is 13.6. The predicted molar refractivity (Wildman–Crippen MR) is 103 cm³/mol. The molecule has 0 aliphatic heterocycles. The van der Waals surface area contributed by atoms with Gasteiger partial charge in [0.25, 0.3) is 5.91 Å². The van der Waals surface area contributed by atoms with E-state index in [1.807, 2.05) is 18.2 Å². The van der Waals surface area contributed by atoms with E-state index in [0.717, 1.165) is 32.1 Å². The van der Waals surface area contributed by atoms with E-state index in [1.54, 1.807) is 36.4 Å². The van der Waals surface area contributed by atoms with Gasteiger partial charge in [-0.3, -0.25) is 14.9 Å². The van der Waals surface area contributed by atoms with Gasteiger partial charge in [-0.1, -0.05) is 43.5 Å². The summed E-state index contributed by atoms with van der Waals surface area (Å²) in [6.45, 7) is -0.499. The lowest BCUT2D eigenvalue weighted by molar-refractivity contribution is -0.135. The van der Waals surface area contributed by atoms with Crippen molar-refractivity contribution in [1.82, 2.24) is 5.32 Å². The number of para-hydroxylation sites is 1. The summed E-state index contributed by atoms with van der Waals surface area (Å²) in [4.78, 5) is 36.2. The molecule has 1 saturated carbocycles. The van der Waals surface area contributed by atoms with Gasteiger partial charge in [-0.25, -0.2) is 4.79 Å². The van der Waals surface area contributed by atoms with Gasteiger partial charge in [-0.15, -0.1) is 0 Å². The van der Waals surface area contributed by atoms with Crippen LogP contribution in [-0.4, -0.2) is 24.4 Å². The van der Waals surface area contributed by atoms with Crippen LogP contribution in [0.5, 0.6) is 11.5 Å². The molecular formula is C22H23NO5. The van der Waals surface area contributed by atoms with E-state index in [2.05, 4.69) is 5.32 Å². The van der Waals surface area contributed by atoms with Crippen LogP contribution < -0.4 is 10.1 Å². The molecule has 1 aliphatic rings. The number of hydrogen-bond acceptors (Lipinski definition) is 5. The van der Waals surface area contributed by atoms with Crippen molar-refractivity contribution in [3.8, 4) is 11.5 Å². The fraction of sp³-hybridized carbons (Fsp3) is 0.318. The van der Waals surface area contributed by atoms with Gasteiger partial charge in [0.15, 0.2) is 6.61 Å². The molecular weight excluding hydrogens is 358 g/mol. The second-order valence-corrected chi connectivity index (χ2v) is 6.77. The molecule has 0 spiro atoms. The number of ether oxygens (including phenoxy) is 2. The number of hydrogen-bond donors (Lipinski definition) is 1. The van der Waals surface area contributed by atoms with E-state index in [0.29, 0.717) is 11.5 Å². The van der Waals surface area contributed by atoms with E-state index >= 15 is 0 Å². The summed E-state index contributed by atoms with van der Waals surface area (Å²) in [5, 5.41) is 2.32. The van der Waals surface area contributed by atoms with Crippen LogP contribution in [-0.2, 0) is 14.3 Å². The Bertz CT molecular complexity index is 828. The fourth-order valence-corrected chi connectivity index (χ4v) is 3.17. The van der Waals surface area contributed by atoms with Crippen LogP contribution in [0.3, 0.4) is 0 Å². The van der Waals surface area contributed by atoms with Crippen molar-refractivity contribution < 1.29 is 23.9 Å². The van der Waals surface area contributed by atoms with Gasteiger partial charge in [-0.05, 0) is 43.2 Å². The second-order valence-electron chi connectivity index (χ2n) is 6.77. The maximum Gasteiger partial charge on any atom is 0.338 e. The van der Waals surface area contributed by atoms with Crippen LogP contribution in [0.4, 0.5) is 0 Å². The fourth-order valence-electron chi connectivity index (χ4n) is 3.17. The maximum atomic E-state index is 12.2. The number of imide groups is 1. The monoisotopic (exact) mass is 381 g/mol. The zero-order valence-electron chi connectivity index (χ0n) is 15.6. The molecule has 1 aliphatic carbocycles. The molecule has 0 saturated heterocycles. The molecule has 2 aromatic carbocycles. The van der Waals surface area contributed by atoms with E-state index in [4.69, 9.17) is 9.47 Å². The summed E-state index contributed by atoms with van der Waals surface area (Å²) >= 11 is 0. The number of carbonyl (C=O) groups is 3. The molecule has 0 heterocycles. The first-order valence-corrected chi connectivity index (χ1v) is 9.45. The van der Waals surface area contributed by atoms with Crippen LogP contribution in [0, 0.1) is 5.92 Å². The topological polar surface area (TPSA) is 81.7 Å². The van der Waals surface area contributed by atoms with Crippen LogP contribution in [0.1, 0.15) is 42.5 Å². The Hall–Kier alpha value is -3.15. The van der Waals surface area contributed by atoms with Crippen molar-refractivity contribution in [3.05, 3.63) is 60.2 Å². The van der Waals surface area contributed by atoms with Crippen molar-refractivity contribution in [2.75, 3.05) is 6.61 Å².